The Hall–Kier alpha value is -4.36. The van der Waals surface area contributed by atoms with Gasteiger partial charge in [-0.2, -0.15) is 43.2 Å². The lowest BCUT2D eigenvalue weighted by molar-refractivity contribution is -0.255. The Morgan fingerprint density at radius 3 is 1.56 bits per heavy atom. The van der Waals surface area contributed by atoms with E-state index < -0.39 is 81.0 Å². The molecule has 0 amide bonds. The summed E-state index contributed by atoms with van der Waals surface area (Å²) in [5, 5.41) is 9.68. The number of halogens is 7. The van der Waals surface area contributed by atoms with Crippen molar-refractivity contribution in [3.63, 3.8) is 0 Å². The van der Waals surface area contributed by atoms with Gasteiger partial charge in [-0.3, -0.25) is 0 Å². The first-order valence-electron chi connectivity index (χ1n) is 18.3. The van der Waals surface area contributed by atoms with Crippen LogP contribution in [0.15, 0.2) is 91.6 Å². The van der Waals surface area contributed by atoms with Gasteiger partial charge in [0.05, 0.1) is 48.8 Å². The number of nitrogens with zero attached hydrogens (tertiary/aromatic N) is 2. The number of carbonyl (C=O) groups excluding carboxylic acids is 2. The number of aromatic nitrogens is 1. The smallest absolute Gasteiger partial charge is 0.459 e. The standard InChI is InChI=1S/C16H22O5.C16H20O4.C7H3ClF6N2O4S2/c1-12(17)16(11-20-15(2,3)10-21-16)14(18)19-9-13-7-5-4-6-8-13;1-4-16(12-19-15(2,3)11-20-16)14(17)18-10-13-8-6-5-7-9-13;8-4-1-2-5(15-3-4)16(21(17,18)6(9,10)11)22(19,20)7(12,13)14/h4-8,12,17H,9-11H2,1-3H3;4-9H,1,10-12H2,2-3H3;1-3H. The number of hydrogen-bond donors (Lipinski definition) is 1. The number of hydrogen-bond acceptors (Lipinski definition) is 14. The number of pyridine rings is 1. The van der Waals surface area contributed by atoms with E-state index in [0.717, 1.165) is 11.1 Å². The third kappa shape index (κ3) is 13.6. The van der Waals surface area contributed by atoms with Gasteiger partial charge in [0.1, 0.15) is 13.2 Å². The van der Waals surface area contributed by atoms with Crippen LogP contribution in [-0.2, 0) is 71.3 Å². The number of benzene rings is 2. The number of alkyl halides is 6. The van der Waals surface area contributed by atoms with Crippen LogP contribution in [0.2, 0.25) is 5.02 Å². The van der Waals surface area contributed by atoms with Crippen LogP contribution in [0, 0.1) is 0 Å². The van der Waals surface area contributed by atoms with Crippen molar-refractivity contribution in [3.8, 4) is 0 Å². The number of rotatable bonds is 11. The zero-order valence-electron chi connectivity index (χ0n) is 34.3. The first kappa shape index (κ1) is 53.0. The van der Waals surface area contributed by atoms with Crippen molar-refractivity contribution in [1.29, 1.82) is 0 Å². The molecule has 2 aliphatic heterocycles. The molecule has 0 spiro atoms. The van der Waals surface area contributed by atoms with Gasteiger partial charge in [-0.05, 0) is 64.0 Å². The number of carbonyl (C=O) groups is 2. The van der Waals surface area contributed by atoms with Crippen LogP contribution in [0.25, 0.3) is 0 Å². The van der Waals surface area contributed by atoms with E-state index in [4.69, 9.17) is 40.0 Å². The van der Waals surface area contributed by atoms with Crippen LogP contribution in [0.4, 0.5) is 32.2 Å². The summed E-state index contributed by atoms with van der Waals surface area (Å²) in [5.41, 5.74) is -14.3. The molecular formula is C39H45ClF6N2O13S2. The van der Waals surface area contributed by atoms with Crippen molar-refractivity contribution in [2.24, 2.45) is 0 Å². The van der Waals surface area contributed by atoms with Crippen molar-refractivity contribution in [1.82, 2.24) is 4.98 Å². The van der Waals surface area contributed by atoms with E-state index in [1.54, 1.807) is 0 Å². The number of anilines is 1. The molecule has 15 nitrogen and oxygen atoms in total. The van der Waals surface area contributed by atoms with Gasteiger partial charge in [-0.15, -0.1) is 3.71 Å². The maximum atomic E-state index is 12.5. The molecule has 3 aromatic rings. The quantitative estimate of drug-likeness (QED) is 0.126. The second-order valence-corrected chi connectivity index (χ2v) is 19.1. The molecule has 0 bridgehead atoms. The van der Waals surface area contributed by atoms with E-state index in [0.29, 0.717) is 18.9 Å². The monoisotopic (exact) mass is 962 g/mol. The predicted octanol–water partition coefficient (Wildman–Crippen LogP) is 6.40. The molecule has 1 aromatic heterocycles. The van der Waals surface area contributed by atoms with E-state index in [1.165, 1.54) is 13.0 Å². The van der Waals surface area contributed by atoms with Crippen molar-refractivity contribution in [2.45, 2.75) is 87.4 Å². The predicted molar refractivity (Wildman–Crippen MR) is 213 cm³/mol. The summed E-state index contributed by atoms with van der Waals surface area (Å²) < 4.78 is 151. The summed E-state index contributed by atoms with van der Waals surface area (Å²) in [5.74, 6) is -2.71. The first-order chi connectivity index (χ1) is 29.0. The van der Waals surface area contributed by atoms with Crippen LogP contribution < -0.4 is 3.71 Å². The van der Waals surface area contributed by atoms with Gasteiger partial charge in [0, 0.05) is 6.20 Å². The highest BCUT2D eigenvalue weighted by atomic mass is 35.5. The van der Waals surface area contributed by atoms with Crippen LogP contribution in [0.3, 0.4) is 0 Å². The Morgan fingerprint density at radius 2 is 1.21 bits per heavy atom. The molecule has 3 atom stereocenters. The average Bonchev–Trinajstić information content (AvgIpc) is 3.20. The van der Waals surface area contributed by atoms with Crippen molar-refractivity contribution < 1.29 is 86.3 Å². The number of sulfonamides is 2. The lowest BCUT2D eigenvalue weighted by Crippen LogP contribution is -2.61. The van der Waals surface area contributed by atoms with Crippen molar-refractivity contribution in [2.75, 3.05) is 30.1 Å². The van der Waals surface area contributed by atoms with E-state index in [2.05, 4.69) is 11.6 Å². The summed E-state index contributed by atoms with van der Waals surface area (Å²) in [6.07, 6.45) is 0.911. The van der Waals surface area contributed by atoms with Crippen molar-refractivity contribution >= 4 is 49.4 Å². The summed E-state index contributed by atoms with van der Waals surface area (Å²) in [6.45, 7) is 13.7. The molecule has 3 unspecified atom stereocenters. The molecule has 2 aliphatic rings. The molecular weight excluding hydrogens is 918 g/mol. The second kappa shape index (κ2) is 20.6. The van der Waals surface area contributed by atoms with Gasteiger partial charge in [0.2, 0.25) is 11.2 Å². The van der Waals surface area contributed by atoms with Crippen molar-refractivity contribution in [3.05, 3.63) is 108 Å². The Bertz CT molecular complexity index is 2170. The summed E-state index contributed by atoms with van der Waals surface area (Å²) >= 11 is 5.30. The minimum atomic E-state index is -6.93. The van der Waals surface area contributed by atoms with E-state index in [-0.39, 0.29) is 44.1 Å². The Kier molecular flexibility index (Phi) is 17.4. The van der Waals surface area contributed by atoms with Gasteiger partial charge in [0.15, 0.2) is 5.82 Å². The molecule has 63 heavy (non-hydrogen) atoms. The van der Waals surface area contributed by atoms with Crippen LogP contribution in [-0.4, -0.2) is 105 Å². The van der Waals surface area contributed by atoms with Crippen LogP contribution >= 0.6 is 11.6 Å². The van der Waals surface area contributed by atoms with Crippen LogP contribution in [0.1, 0.15) is 45.7 Å². The molecule has 0 saturated carbocycles. The SMILES string of the molecule is C=CC1(C(=O)OCc2ccccc2)COC(C)(C)CO1.CC(O)C1(C(=O)OCc2ccccc2)COC(C)(C)CO1.O=S(=O)(N(c1ccc(Cl)cn1)S(=O)(=O)C(F)(F)F)C(F)(F)F. The number of ether oxygens (including phenoxy) is 6. The summed E-state index contributed by atoms with van der Waals surface area (Å²) in [4.78, 5) is 27.5. The fourth-order valence-electron chi connectivity index (χ4n) is 4.96. The fraction of sp³-hybridized carbons (Fsp3) is 0.462. The zero-order valence-corrected chi connectivity index (χ0v) is 36.7. The molecule has 5 rings (SSSR count). The van der Waals surface area contributed by atoms with Gasteiger partial charge in [-0.1, -0.05) is 78.8 Å². The van der Waals surface area contributed by atoms with Gasteiger partial charge >= 0.3 is 43.0 Å². The molecule has 2 saturated heterocycles. The Morgan fingerprint density at radius 1 is 0.762 bits per heavy atom. The molecule has 1 N–H and O–H groups in total. The van der Waals surface area contributed by atoms with E-state index in [1.807, 2.05) is 88.4 Å². The Labute approximate surface area is 364 Å². The van der Waals surface area contributed by atoms with Gasteiger partial charge in [0.25, 0.3) is 0 Å². The molecule has 0 radical (unpaired) electrons. The lowest BCUT2D eigenvalue weighted by atomic mass is 9.95. The minimum Gasteiger partial charge on any atom is -0.459 e. The van der Waals surface area contributed by atoms with Gasteiger partial charge in [-0.25, -0.2) is 14.6 Å². The topological polar surface area (TPSA) is 194 Å². The zero-order chi connectivity index (χ0) is 47.7. The first-order valence-corrected chi connectivity index (χ1v) is 21.6. The second-order valence-electron chi connectivity index (χ2n) is 14.9. The maximum absolute atomic E-state index is 12.5. The largest absolute Gasteiger partial charge is 0.517 e. The highest BCUT2D eigenvalue weighted by Crippen LogP contribution is 2.38. The molecule has 2 aromatic carbocycles. The minimum absolute atomic E-state index is 0.0225. The van der Waals surface area contributed by atoms with Crippen LogP contribution in [0.5, 0.6) is 0 Å². The summed E-state index contributed by atoms with van der Waals surface area (Å²) in [7, 11) is -13.9. The van der Waals surface area contributed by atoms with E-state index >= 15 is 0 Å². The molecule has 2 fully saturated rings. The maximum Gasteiger partial charge on any atom is 0.517 e. The molecule has 24 heteroatoms. The molecule has 350 valence electrons. The average molecular weight is 963 g/mol. The van der Waals surface area contributed by atoms with E-state index in [9.17, 15) is 57.9 Å². The Balaban J connectivity index is 0.000000252. The fourth-order valence-corrected chi connectivity index (χ4v) is 7.69. The third-order valence-electron chi connectivity index (χ3n) is 8.75. The number of aliphatic hydroxyl groups is 1. The lowest BCUT2D eigenvalue weighted by Gasteiger charge is -2.43. The molecule has 3 heterocycles. The third-order valence-corrected chi connectivity index (χ3v) is 12.6. The highest BCUT2D eigenvalue weighted by molar-refractivity contribution is 8.11. The normalized spacial score (nSPS) is 21.5. The van der Waals surface area contributed by atoms with Gasteiger partial charge < -0.3 is 33.5 Å². The molecule has 0 aliphatic carbocycles. The highest BCUT2D eigenvalue weighted by Gasteiger charge is 2.62. The number of esters is 2. The summed E-state index contributed by atoms with van der Waals surface area (Å²) in [6, 6.07) is 19.8. The number of aliphatic hydroxyl groups excluding tert-OH is 1.